The maximum atomic E-state index is 11.3. The van der Waals surface area contributed by atoms with E-state index in [-0.39, 0.29) is 0 Å². The Labute approximate surface area is 205 Å². The molecule has 0 aliphatic heterocycles. The molecule has 6 aromatic rings. The predicted octanol–water partition coefficient (Wildman–Crippen LogP) is 4.64. The Balaban J connectivity index is 1.32. The van der Waals surface area contributed by atoms with Gasteiger partial charge in [-0.3, -0.25) is 9.59 Å². The quantitative estimate of drug-likeness (QED) is 0.290. The molecule has 2 heterocycles. The van der Waals surface area contributed by atoms with Crippen LogP contribution in [-0.4, -0.2) is 31.8 Å². The van der Waals surface area contributed by atoms with Gasteiger partial charge in [0.2, 0.25) is 11.8 Å². The molecule has 174 valence electrons. The van der Waals surface area contributed by atoms with Crippen molar-refractivity contribution in [3.63, 3.8) is 0 Å². The smallest absolute Gasteiger partial charge is 0.248 e. The fourth-order valence-electron chi connectivity index (χ4n) is 4.24. The van der Waals surface area contributed by atoms with Crippen LogP contribution in [-0.2, 0) is 0 Å². The Morgan fingerprint density at radius 2 is 0.889 bits per heavy atom. The van der Waals surface area contributed by atoms with E-state index in [1.807, 2.05) is 48.5 Å². The molecule has 6 N–H and O–H groups in total. The molecule has 2 aromatic heterocycles. The van der Waals surface area contributed by atoms with Crippen LogP contribution in [0.1, 0.15) is 20.7 Å². The first-order chi connectivity index (χ1) is 17.4. The molecular weight excluding hydrogens is 452 g/mol. The molecule has 0 aliphatic carbocycles. The van der Waals surface area contributed by atoms with E-state index in [0.717, 1.165) is 44.3 Å². The fourth-order valence-corrected chi connectivity index (χ4v) is 4.24. The molecule has 0 saturated carbocycles. The summed E-state index contributed by atoms with van der Waals surface area (Å²) in [5.41, 5.74) is 18.9. The van der Waals surface area contributed by atoms with Crippen LogP contribution in [0.2, 0.25) is 0 Å². The molecule has 36 heavy (non-hydrogen) atoms. The van der Waals surface area contributed by atoms with E-state index in [1.54, 1.807) is 24.3 Å². The van der Waals surface area contributed by atoms with Gasteiger partial charge in [0.1, 0.15) is 11.6 Å². The summed E-state index contributed by atoms with van der Waals surface area (Å²) >= 11 is 0. The second-order valence-corrected chi connectivity index (χ2v) is 8.52. The third kappa shape index (κ3) is 3.76. The monoisotopic (exact) mass is 472 g/mol. The number of aromatic amines is 2. The average Bonchev–Trinajstić information content (AvgIpc) is 3.52. The van der Waals surface area contributed by atoms with Gasteiger partial charge in [-0.25, -0.2) is 9.97 Å². The summed E-state index contributed by atoms with van der Waals surface area (Å²) in [6.07, 6.45) is 0. The summed E-state index contributed by atoms with van der Waals surface area (Å²) in [5, 5.41) is 0. The van der Waals surface area contributed by atoms with Gasteiger partial charge in [0.05, 0.1) is 22.1 Å². The van der Waals surface area contributed by atoms with Gasteiger partial charge < -0.3 is 21.4 Å². The number of hydrogen-bond acceptors (Lipinski definition) is 4. The highest BCUT2D eigenvalue weighted by atomic mass is 16.1. The zero-order valence-corrected chi connectivity index (χ0v) is 18.9. The lowest BCUT2D eigenvalue weighted by atomic mass is 10.0. The number of nitrogens with zero attached hydrogens (tertiary/aromatic N) is 2. The van der Waals surface area contributed by atoms with Crippen LogP contribution in [0.5, 0.6) is 0 Å². The molecular formula is C28H20N6O2. The highest BCUT2D eigenvalue weighted by molar-refractivity contribution is 5.94. The van der Waals surface area contributed by atoms with E-state index in [0.29, 0.717) is 22.8 Å². The number of nitrogens with two attached hydrogens (primary N) is 2. The van der Waals surface area contributed by atoms with Crippen molar-refractivity contribution in [2.75, 3.05) is 0 Å². The predicted molar refractivity (Wildman–Crippen MR) is 139 cm³/mol. The van der Waals surface area contributed by atoms with Gasteiger partial charge >= 0.3 is 0 Å². The molecule has 0 saturated heterocycles. The number of fused-ring (bicyclic) bond motifs is 2. The van der Waals surface area contributed by atoms with E-state index in [2.05, 4.69) is 32.1 Å². The number of hydrogen-bond donors (Lipinski definition) is 4. The number of nitrogens with one attached hydrogen (secondary N) is 2. The number of benzene rings is 4. The van der Waals surface area contributed by atoms with Crippen molar-refractivity contribution in [3.05, 3.63) is 96.1 Å². The lowest BCUT2D eigenvalue weighted by Crippen LogP contribution is -2.10. The number of amides is 2. The first-order valence-corrected chi connectivity index (χ1v) is 11.2. The largest absolute Gasteiger partial charge is 0.366 e. The Bertz CT molecular complexity index is 1650. The summed E-state index contributed by atoms with van der Waals surface area (Å²) in [7, 11) is 0. The van der Waals surface area contributed by atoms with E-state index >= 15 is 0 Å². The highest BCUT2D eigenvalue weighted by Gasteiger charge is 2.11. The van der Waals surface area contributed by atoms with Gasteiger partial charge in [-0.15, -0.1) is 0 Å². The summed E-state index contributed by atoms with van der Waals surface area (Å²) in [5.74, 6) is 0.514. The number of primary amides is 2. The van der Waals surface area contributed by atoms with E-state index < -0.39 is 11.8 Å². The SMILES string of the molecule is NC(=O)c1ccc(-c2nc3ccc(-c4ccc5nc(-c6ccc(C(N)=O)cc6)[nH]c5c4)cc3[nH]2)cc1. The lowest BCUT2D eigenvalue weighted by molar-refractivity contribution is 0.0992. The molecule has 0 atom stereocenters. The van der Waals surface area contributed by atoms with Gasteiger partial charge in [0, 0.05) is 22.3 Å². The minimum absolute atomic E-state index is 0.456. The summed E-state index contributed by atoms with van der Waals surface area (Å²) in [6, 6.07) is 26.2. The fraction of sp³-hybridized carbons (Fsp3) is 0. The lowest BCUT2D eigenvalue weighted by Gasteiger charge is -2.02. The third-order valence-electron chi connectivity index (χ3n) is 6.18. The molecule has 0 radical (unpaired) electrons. The van der Waals surface area contributed by atoms with Crippen molar-refractivity contribution in [1.82, 2.24) is 19.9 Å². The minimum atomic E-state index is -0.460. The zero-order valence-electron chi connectivity index (χ0n) is 18.9. The van der Waals surface area contributed by atoms with E-state index in [4.69, 9.17) is 11.5 Å². The van der Waals surface area contributed by atoms with Gasteiger partial charge in [-0.05, 0) is 59.7 Å². The van der Waals surface area contributed by atoms with Crippen LogP contribution in [0.15, 0.2) is 84.9 Å². The Kier molecular flexibility index (Phi) is 4.86. The van der Waals surface area contributed by atoms with Crippen molar-refractivity contribution in [1.29, 1.82) is 0 Å². The van der Waals surface area contributed by atoms with Gasteiger partial charge in [0.25, 0.3) is 0 Å². The van der Waals surface area contributed by atoms with Gasteiger partial charge in [-0.1, -0.05) is 36.4 Å². The van der Waals surface area contributed by atoms with Crippen LogP contribution in [0.4, 0.5) is 0 Å². The maximum Gasteiger partial charge on any atom is 0.248 e. The Morgan fingerprint density at radius 3 is 1.25 bits per heavy atom. The van der Waals surface area contributed by atoms with Crippen molar-refractivity contribution < 1.29 is 9.59 Å². The number of aromatic nitrogens is 4. The number of carbonyl (C=O) groups excluding carboxylic acids is 2. The number of H-pyrrole nitrogens is 2. The van der Waals surface area contributed by atoms with E-state index in [1.165, 1.54) is 0 Å². The maximum absolute atomic E-state index is 11.3. The molecule has 4 aromatic carbocycles. The molecule has 2 amide bonds. The number of rotatable bonds is 5. The molecule has 0 unspecified atom stereocenters. The van der Waals surface area contributed by atoms with Crippen LogP contribution in [0.25, 0.3) is 56.0 Å². The average molecular weight is 473 g/mol. The normalized spacial score (nSPS) is 11.2. The molecule has 8 heteroatoms. The van der Waals surface area contributed by atoms with Crippen molar-refractivity contribution in [3.8, 4) is 33.9 Å². The molecule has 0 fully saturated rings. The van der Waals surface area contributed by atoms with Crippen molar-refractivity contribution in [2.24, 2.45) is 11.5 Å². The summed E-state index contributed by atoms with van der Waals surface area (Å²) in [4.78, 5) is 38.7. The number of carbonyl (C=O) groups is 2. The molecule has 8 nitrogen and oxygen atoms in total. The molecule has 0 aliphatic rings. The van der Waals surface area contributed by atoms with Crippen molar-refractivity contribution >= 4 is 33.9 Å². The summed E-state index contributed by atoms with van der Waals surface area (Å²) < 4.78 is 0. The van der Waals surface area contributed by atoms with Crippen molar-refractivity contribution in [2.45, 2.75) is 0 Å². The van der Waals surface area contributed by atoms with Gasteiger partial charge in [0.15, 0.2) is 0 Å². The van der Waals surface area contributed by atoms with Crippen LogP contribution < -0.4 is 11.5 Å². The molecule has 6 rings (SSSR count). The standard InChI is InChI=1S/C28H20N6O2/c29-25(35)15-1-5-17(6-2-15)27-31-21-11-9-19(13-23(21)33-27)20-10-12-22-24(14-20)34-28(32-22)18-7-3-16(4-8-18)26(30)36/h1-14H,(H2,29,35)(H2,30,36)(H,31,33)(H,32,34). The second-order valence-electron chi connectivity index (χ2n) is 8.52. The van der Waals surface area contributed by atoms with Crippen LogP contribution in [0, 0.1) is 0 Å². The van der Waals surface area contributed by atoms with Crippen LogP contribution in [0.3, 0.4) is 0 Å². The summed E-state index contributed by atoms with van der Waals surface area (Å²) in [6.45, 7) is 0. The third-order valence-corrected chi connectivity index (χ3v) is 6.18. The topological polar surface area (TPSA) is 144 Å². The van der Waals surface area contributed by atoms with Crippen LogP contribution >= 0.6 is 0 Å². The van der Waals surface area contributed by atoms with Gasteiger partial charge in [-0.2, -0.15) is 0 Å². The number of imidazole rings is 2. The van der Waals surface area contributed by atoms with E-state index in [9.17, 15) is 9.59 Å². The first-order valence-electron chi connectivity index (χ1n) is 11.2. The highest BCUT2D eigenvalue weighted by Crippen LogP contribution is 2.29. The Morgan fingerprint density at radius 1 is 0.528 bits per heavy atom. The Hall–Kier alpha value is -5.24. The second kappa shape index (κ2) is 8.21. The molecule has 0 spiro atoms. The minimum Gasteiger partial charge on any atom is -0.366 e. The molecule has 0 bridgehead atoms. The zero-order chi connectivity index (χ0) is 24.8. The first kappa shape index (κ1) is 21.3.